The number of nitrogens with two attached hydrogens (primary N) is 1. The molecule has 6 rings (SSSR count). The van der Waals surface area contributed by atoms with E-state index >= 15 is 0 Å². The summed E-state index contributed by atoms with van der Waals surface area (Å²) in [7, 11) is 0. The maximum atomic E-state index is 14.1. The number of carboxylic acid groups (broad SMARTS) is 2. The average molecular weight is 1160 g/mol. The van der Waals surface area contributed by atoms with Crippen molar-refractivity contribution in [2.45, 2.75) is 208 Å². The van der Waals surface area contributed by atoms with Gasteiger partial charge in [0.05, 0.1) is 21.1 Å². The molecule has 18 heteroatoms. The lowest BCUT2D eigenvalue weighted by Crippen LogP contribution is -2.51. The lowest BCUT2D eigenvalue weighted by atomic mass is 9.82. The molecule has 0 aromatic carbocycles. The third kappa shape index (κ3) is 21.1. The Morgan fingerprint density at radius 1 is 0.617 bits per heavy atom. The highest BCUT2D eigenvalue weighted by Gasteiger charge is 2.40. The summed E-state index contributed by atoms with van der Waals surface area (Å²) < 4.78 is 5.24. The number of aromatic carboxylic acids is 2. The Balaban J connectivity index is 0.000000302. The SMILES string of the molecule is CC(C)C#Cc1cc(N(C(=O)C2CCC(C)CC2)C2CCN(C(=O)CCCCCN)CC2)c(C(=O)O)s1.CC(C)C#Cc1cc(N(C(=O)C2CCC(C)CC2)C2CCN(C(=O)CCCCCNC(=O)OC(C)(C)C)CC2)c(C(=O)O)s1. The third-order valence-electron chi connectivity index (χ3n) is 15.7. The number of carboxylic acids is 2. The van der Waals surface area contributed by atoms with Crippen LogP contribution in [0.4, 0.5) is 16.2 Å². The summed E-state index contributed by atoms with van der Waals surface area (Å²) in [5.74, 6) is 11.9. The number of alkyl carbamates (subject to hydrolysis) is 1. The molecule has 2 aliphatic heterocycles. The average Bonchev–Trinajstić information content (AvgIpc) is 4.23. The second-order valence-electron chi connectivity index (χ2n) is 24.5. The van der Waals surface area contributed by atoms with Gasteiger partial charge in [-0.15, -0.1) is 22.7 Å². The van der Waals surface area contributed by atoms with Gasteiger partial charge in [-0.25, -0.2) is 14.4 Å². The van der Waals surface area contributed by atoms with Crippen LogP contribution in [-0.2, 0) is 23.9 Å². The summed E-state index contributed by atoms with van der Waals surface area (Å²) in [4.78, 5) is 99.1. The Kier molecular flexibility index (Phi) is 26.6. The first-order valence-corrected chi connectivity index (χ1v) is 31.7. The van der Waals surface area contributed by atoms with Crippen molar-refractivity contribution in [2.75, 3.05) is 49.1 Å². The number of carbonyl (C=O) groups excluding carboxylic acids is 5. The normalized spacial score (nSPS) is 19.8. The molecule has 4 aliphatic rings. The Hall–Kier alpha value is -5.43. The number of amides is 5. The molecular formula is C63H94N6O10S2. The zero-order valence-corrected chi connectivity index (χ0v) is 51.6. The second-order valence-corrected chi connectivity index (χ2v) is 26.6. The Bertz CT molecular complexity index is 2550. The van der Waals surface area contributed by atoms with Gasteiger partial charge in [0.2, 0.25) is 23.6 Å². The molecule has 5 N–H and O–H groups in total. The van der Waals surface area contributed by atoms with Gasteiger partial charge in [-0.05, 0) is 154 Å². The van der Waals surface area contributed by atoms with Gasteiger partial charge in [0.1, 0.15) is 15.4 Å². The van der Waals surface area contributed by atoms with Gasteiger partial charge < -0.3 is 45.6 Å². The number of piperidine rings is 2. The molecule has 4 heterocycles. The maximum Gasteiger partial charge on any atom is 0.407 e. The van der Waals surface area contributed by atoms with Crippen LogP contribution in [-0.4, -0.2) is 119 Å². The van der Waals surface area contributed by atoms with Gasteiger partial charge in [-0.1, -0.05) is 78.1 Å². The number of ether oxygens (including phenoxy) is 1. The number of carbonyl (C=O) groups is 7. The number of hydrogen-bond acceptors (Lipinski definition) is 11. The van der Waals surface area contributed by atoms with Crippen molar-refractivity contribution in [1.29, 1.82) is 0 Å². The Labute approximate surface area is 491 Å². The Morgan fingerprint density at radius 2 is 1.00 bits per heavy atom. The molecule has 0 radical (unpaired) electrons. The van der Waals surface area contributed by atoms with Gasteiger partial charge in [-0.2, -0.15) is 0 Å². The molecular weight excluding hydrogens is 1060 g/mol. The van der Waals surface area contributed by atoms with Crippen LogP contribution in [0.2, 0.25) is 0 Å². The van der Waals surface area contributed by atoms with Crippen LogP contribution in [0.3, 0.4) is 0 Å². The lowest BCUT2D eigenvalue weighted by molar-refractivity contribution is -0.133. The minimum atomic E-state index is -1.05. The fraction of sp³-hybridized carbons (Fsp3) is 0.698. The minimum Gasteiger partial charge on any atom is -0.477 e. The molecule has 448 valence electrons. The van der Waals surface area contributed by atoms with Gasteiger partial charge in [0.15, 0.2) is 0 Å². The highest BCUT2D eigenvalue weighted by Crippen LogP contribution is 2.40. The van der Waals surface area contributed by atoms with Crippen LogP contribution in [0.15, 0.2) is 12.1 Å². The quantitative estimate of drug-likeness (QED) is 0.0765. The van der Waals surface area contributed by atoms with Gasteiger partial charge in [0, 0.05) is 81.3 Å². The van der Waals surface area contributed by atoms with Crippen LogP contribution in [0.25, 0.3) is 0 Å². The minimum absolute atomic E-state index is 0.00494. The van der Waals surface area contributed by atoms with Crippen molar-refractivity contribution in [3.63, 3.8) is 0 Å². The van der Waals surface area contributed by atoms with E-state index in [1.165, 1.54) is 0 Å². The van der Waals surface area contributed by atoms with Crippen LogP contribution in [0.1, 0.15) is 220 Å². The zero-order valence-electron chi connectivity index (χ0n) is 50.0. The van der Waals surface area contributed by atoms with E-state index in [9.17, 15) is 43.8 Å². The van der Waals surface area contributed by atoms with Crippen LogP contribution in [0, 0.1) is 59.2 Å². The van der Waals surface area contributed by atoms with E-state index < -0.39 is 23.6 Å². The number of likely N-dealkylation sites (tertiary alicyclic amines) is 2. The van der Waals surface area contributed by atoms with E-state index in [1.54, 1.807) is 21.9 Å². The highest BCUT2D eigenvalue weighted by atomic mass is 32.1. The molecule has 81 heavy (non-hydrogen) atoms. The standard InChI is InChI=1S/C34H51N3O6S.C29H43N3O4S/c1-23(2)11-16-27-22-28(30(44-27)32(40)41)37(31(39)25-14-12-24(3)13-15-25)26-17-20-36(21-18-26)29(38)10-8-7-9-19-35-33(42)43-34(4,5)6;1-20(2)8-13-24-19-25(27(37-24)29(35)36)32(28(34)22-11-9-21(3)10-12-22)23-14-17-31(18-15-23)26(33)7-5-4-6-16-30/h22-26H,7-10,12-15,17-21H2,1-6H3,(H,35,42)(H,40,41);19-23H,4-7,9-12,14-18,30H2,1-3H3,(H,35,36). The molecule has 16 nitrogen and oxygen atoms in total. The number of nitrogens with zero attached hydrogens (tertiary/aromatic N) is 4. The van der Waals surface area contributed by atoms with Gasteiger partial charge in [-0.3, -0.25) is 19.2 Å². The number of unbranched alkanes of at least 4 members (excludes halogenated alkanes) is 4. The van der Waals surface area contributed by atoms with Crippen molar-refractivity contribution < 1.29 is 48.5 Å². The van der Waals surface area contributed by atoms with Gasteiger partial charge >= 0.3 is 18.0 Å². The second kappa shape index (κ2) is 32.4. The summed E-state index contributed by atoms with van der Waals surface area (Å²) in [6.45, 7) is 21.2. The molecule has 5 amide bonds. The van der Waals surface area contributed by atoms with E-state index in [0.717, 1.165) is 113 Å². The largest absolute Gasteiger partial charge is 0.477 e. The number of anilines is 2. The lowest BCUT2D eigenvalue weighted by Gasteiger charge is -2.40. The molecule has 4 fully saturated rings. The van der Waals surface area contributed by atoms with E-state index in [-0.39, 0.29) is 69.1 Å². The number of rotatable bonds is 19. The van der Waals surface area contributed by atoms with Gasteiger partial charge in [0.25, 0.3) is 0 Å². The van der Waals surface area contributed by atoms with Crippen molar-refractivity contribution in [3.05, 3.63) is 31.6 Å². The molecule has 2 aromatic rings. The van der Waals surface area contributed by atoms with Crippen molar-refractivity contribution in [2.24, 2.45) is 41.2 Å². The van der Waals surface area contributed by atoms with Crippen molar-refractivity contribution in [3.8, 4) is 23.7 Å². The molecule has 0 spiro atoms. The molecule has 2 saturated carbocycles. The molecule has 2 aromatic heterocycles. The summed E-state index contributed by atoms with van der Waals surface area (Å²) in [5, 5.41) is 22.9. The van der Waals surface area contributed by atoms with Crippen molar-refractivity contribution in [1.82, 2.24) is 15.1 Å². The van der Waals surface area contributed by atoms with Crippen LogP contribution >= 0.6 is 22.7 Å². The predicted molar refractivity (Wildman–Crippen MR) is 323 cm³/mol. The van der Waals surface area contributed by atoms with E-state index in [4.69, 9.17) is 10.5 Å². The summed E-state index contributed by atoms with van der Waals surface area (Å²) in [5.41, 5.74) is 5.94. The van der Waals surface area contributed by atoms with Crippen LogP contribution < -0.4 is 20.9 Å². The zero-order chi connectivity index (χ0) is 59.4. The summed E-state index contributed by atoms with van der Waals surface area (Å²) >= 11 is 2.27. The monoisotopic (exact) mass is 1160 g/mol. The first-order chi connectivity index (χ1) is 38.5. The molecule has 2 aliphatic carbocycles. The fourth-order valence-corrected chi connectivity index (χ4v) is 12.8. The summed E-state index contributed by atoms with van der Waals surface area (Å²) in [6, 6.07) is 3.26. The smallest absolute Gasteiger partial charge is 0.407 e. The third-order valence-corrected chi connectivity index (χ3v) is 17.8. The number of hydrogen-bond donors (Lipinski definition) is 4. The molecule has 0 unspecified atom stereocenters. The number of nitrogens with one attached hydrogen (secondary N) is 1. The molecule has 0 bridgehead atoms. The molecule has 2 saturated heterocycles. The first kappa shape index (κ1) is 66.4. The first-order valence-electron chi connectivity index (χ1n) is 30.1. The highest BCUT2D eigenvalue weighted by molar-refractivity contribution is 7.15. The van der Waals surface area contributed by atoms with E-state index in [2.05, 4.69) is 42.8 Å². The topological polar surface area (TPSA) is 220 Å². The van der Waals surface area contributed by atoms with E-state index in [1.807, 2.05) is 58.3 Å². The van der Waals surface area contributed by atoms with Crippen LogP contribution in [0.5, 0.6) is 0 Å². The summed E-state index contributed by atoms with van der Waals surface area (Å²) in [6.07, 6.45) is 15.4. The fourth-order valence-electron chi connectivity index (χ4n) is 11.1. The number of thiophene rings is 2. The van der Waals surface area contributed by atoms with E-state index in [0.29, 0.717) is 111 Å². The predicted octanol–water partition coefficient (Wildman–Crippen LogP) is 11.8. The maximum absolute atomic E-state index is 14.1. The molecule has 0 atom stereocenters. The van der Waals surface area contributed by atoms with Crippen molar-refractivity contribution >= 4 is 75.7 Å². The Morgan fingerprint density at radius 3 is 1.35 bits per heavy atom.